The number of guanidine groups is 1. The predicted octanol–water partition coefficient (Wildman–Crippen LogP) is 2.86. The van der Waals surface area contributed by atoms with Crippen LogP contribution in [0.2, 0.25) is 0 Å². The quantitative estimate of drug-likeness (QED) is 0.395. The van der Waals surface area contributed by atoms with Crippen molar-refractivity contribution < 1.29 is 5.11 Å². The lowest BCUT2D eigenvalue weighted by molar-refractivity contribution is 0.248. The van der Waals surface area contributed by atoms with Gasteiger partial charge in [-0.3, -0.25) is 9.89 Å². The second-order valence-electron chi connectivity index (χ2n) is 7.02. The smallest absolute Gasteiger partial charge is 0.191 e. The van der Waals surface area contributed by atoms with Crippen LogP contribution in [0.1, 0.15) is 45.6 Å². The maximum absolute atomic E-state index is 9.21. The summed E-state index contributed by atoms with van der Waals surface area (Å²) in [4.78, 5) is 7.08. The van der Waals surface area contributed by atoms with Crippen molar-refractivity contribution in [2.45, 2.75) is 52.6 Å². The van der Waals surface area contributed by atoms with Crippen LogP contribution in [0.15, 0.2) is 35.3 Å². The molecule has 0 aliphatic carbocycles. The fourth-order valence-corrected chi connectivity index (χ4v) is 2.91. The molecule has 1 rings (SSSR count). The molecule has 0 bridgehead atoms. The minimum atomic E-state index is 0.242. The topological polar surface area (TPSA) is 59.9 Å². The Hall–Kier alpha value is -1.59. The van der Waals surface area contributed by atoms with Gasteiger partial charge in [0.25, 0.3) is 0 Å². The average molecular weight is 363 g/mol. The minimum absolute atomic E-state index is 0.242. The van der Waals surface area contributed by atoms with Crippen LogP contribution < -0.4 is 10.6 Å². The summed E-state index contributed by atoms with van der Waals surface area (Å²) in [5.74, 6) is 1.32. The van der Waals surface area contributed by atoms with E-state index in [-0.39, 0.29) is 6.61 Å². The molecule has 2 atom stereocenters. The Morgan fingerprint density at radius 3 is 2.50 bits per heavy atom. The molecule has 0 heterocycles. The van der Waals surface area contributed by atoms with Crippen molar-refractivity contribution in [1.82, 2.24) is 15.5 Å². The summed E-state index contributed by atoms with van der Waals surface area (Å²) in [5.41, 5.74) is 1.33. The molecule has 1 aromatic rings. The molecule has 2 unspecified atom stereocenters. The largest absolute Gasteiger partial charge is 0.396 e. The monoisotopic (exact) mass is 362 g/mol. The summed E-state index contributed by atoms with van der Waals surface area (Å²) >= 11 is 0. The van der Waals surface area contributed by atoms with E-state index < -0.39 is 0 Å². The third-order valence-electron chi connectivity index (χ3n) is 4.68. The van der Waals surface area contributed by atoms with Crippen molar-refractivity contribution in [3.05, 3.63) is 35.9 Å². The average Bonchev–Trinajstić information content (AvgIpc) is 2.64. The molecular weight excluding hydrogens is 324 g/mol. The number of aliphatic imine (C=N–C) groups is 1. The SMILES string of the molecule is CCCC(CCO)CN=C(NCC)NCC(C)N(C)Cc1ccccc1. The molecule has 148 valence electrons. The molecule has 0 aliphatic heterocycles. The highest BCUT2D eigenvalue weighted by Crippen LogP contribution is 2.11. The summed E-state index contributed by atoms with van der Waals surface area (Å²) < 4.78 is 0. The predicted molar refractivity (Wildman–Crippen MR) is 111 cm³/mol. The molecule has 1 aromatic carbocycles. The lowest BCUT2D eigenvalue weighted by Crippen LogP contribution is -2.45. The Labute approximate surface area is 159 Å². The van der Waals surface area contributed by atoms with Gasteiger partial charge in [-0.15, -0.1) is 0 Å². The first-order chi connectivity index (χ1) is 12.6. The van der Waals surface area contributed by atoms with Crippen molar-refractivity contribution in [1.29, 1.82) is 0 Å². The molecule has 0 saturated carbocycles. The van der Waals surface area contributed by atoms with Gasteiger partial charge >= 0.3 is 0 Å². The molecule has 26 heavy (non-hydrogen) atoms. The third-order valence-corrected chi connectivity index (χ3v) is 4.68. The molecule has 3 N–H and O–H groups in total. The number of nitrogens with zero attached hydrogens (tertiary/aromatic N) is 2. The zero-order valence-electron chi connectivity index (χ0n) is 17.0. The van der Waals surface area contributed by atoms with Crippen LogP contribution in [0.25, 0.3) is 0 Å². The lowest BCUT2D eigenvalue weighted by Gasteiger charge is -2.26. The van der Waals surface area contributed by atoms with E-state index in [2.05, 4.69) is 73.7 Å². The van der Waals surface area contributed by atoms with Crippen LogP contribution in [0.4, 0.5) is 0 Å². The molecule has 0 aromatic heterocycles. The maximum atomic E-state index is 9.21. The normalized spacial score (nSPS) is 14.3. The van der Waals surface area contributed by atoms with Gasteiger partial charge in [-0.2, -0.15) is 0 Å². The number of aliphatic hydroxyl groups is 1. The highest BCUT2D eigenvalue weighted by Gasteiger charge is 2.11. The van der Waals surface area contributed by atoms with Crippen LogP contribution >= 0.6 is 0 Å². The molecule has 5 heteroatoms. The van der Waals surface area contributed by atoms with Gasteiger partial charge in [-0.1, -0.05) is 43.7 Å². The number of benzene rings is 1. The van der Waals surface area contributed by atoms with Crippen molar-refractivity contribution in [3.63, 3.8) is 0 Å². The van der Waals surface area contributed by atoms with Gasteiger partial charge in [0.05, 0.1) is 0 Å². The molecule has 5 nitrogen and oxygen atoms in total. The fourth-order valence-electron chi connectivity index (χ4n) is 2.91. The van der Waals surface area contributed by atoms with Gasteiger partial charge in [-0.25, -0.2) is 0 Å². The number of aliphatic hydroxyl groups excluding tert-OH is 1. The second-order valence-corrected chi connectivity index (χ2v) is 7.02. The van der Waals surface area contributed by atoms with Gasteiger partial charge in [-0.05, 0) is 45.2 Å². The van der Waals surface area contributed by atoms with Gasteiger partial charge in [0.2, 0.25) is 0 Å². The van der Waals surface area contributed by atoms with Crippen molar-refractivity contribution in [2.24, 2.45) is 10.9 Å². The lowest BCUT2D eigenvalue weighted by atomic mass is 10.0. The van der Waals surface area contributed by atoms with Crippen molar-refractivity contribution >= 4 is 5.96 Å². The summed E-state index contributed by atoms with van der Waals surface area (Å²) in [5, 5.41) is 16.0. The van der Waals surface area contributed by atoms with Gasteiger partial charge in [0.15, 0.2) is 5.96 Å². The Kier molecular flexibility index (Phi) is 11.7. The summed E-state index contributed by atoms with van der Waals surface area (Å²) in [6.45, 7) is 10.1. The summed E-state index contributed by atoms with van der Waals surface area (Å²) in [6.07, 6.45) is 3.07. The molecule has 0 amide bonds. The Morgan fingerprint density at radius 1 is 1.15 bits per heavy atom. The first kappa shape index (κ1) is 22.5. The van der Waals surface area contributed by atoms with E-state index in [1.165, 1.54) is 5.56 Å². The molecule has 0 aliphatic rings. The third kappa shape index (κ3) is 9.20. The van der Waals surface area contributed by atoms with E-state index >= 15 is 0 Å². The summed E-state index contributed by atoms with van der Waals surface area (Å²) in [7, 11) is 2.15. The fraction of sp³-hybridized carbons (Fsp3) is 0.667. The van der Waals surface area contributed by atoms with E-state index in [1.54, 1.807) is 0 Å². The van der Waals surface area contributed by atoms with Gasteiger partial charge in [0.1, 0.15) is 0 Å². The summed E-state index contributed by atoms with van der Waals surface area (Å²) in [6, 6.07) is 10.9. The first-order valence-electron chi connectivity index (χ1n) is 9.97. The van der Waals surface area contributed by atoms with Crippen LogP contribution in [0.5, 0.6) is 0 Å². The van der Waals surface area contributed by atoms with E-state index in [0.29, 0.717) is 12.0 Å². The van der Waals surface area contributed by atoms with Gasteiger partial charge in [0, 0.05) is 38.8 Å². The molecular formula is C21H38N4O. The number of hydrogen-bond acceptors (Lipinski definition) is 3. The van der Waals surface area contributed by atoms with E-state index in [9.17, 15) is 5.11 Å². The maximum Gasteiger partial charge on any atom is 0.191 e. The molecule has 0 spiro atoms. The van der Waals surface area contributed by atoms with Gasteiger partial charge < -0.3 is 15.7 Å². The van der Waals surface area contributed by atoms with E-state index in [0.717, 1.165) is 51.4 Å². The first-order valence-corrected chi connectivity index (χ1v) is 9.97. The van der Waals surface area contributed by atoms with E-state index in [4.69, 9.17) is 4.99 Å². The highest BCUT2D eigenvalue weighted by atomic mass is 16.3. The van der Waals surface area contributed by atoms with Crippen LogP contribution in [-0.4, -0.2) is 55.3 Å². The van der Waals surface area contributed by atoms with Crippen molar-refractivity contribution in [3.8, 4) is 0 Å². The number of likely N-dealkylation sites (N-methyl/N-ethyl adjacent to an activating group) is 1. The van der Waals surface area contributed by atoms with Crippen LogP contribution in [-0.2, 0) is 6.54 Å². The number of rotatable bonds is 12. The Balaban J connectivity index is 2.50. The highest BCUT2D eigenvalue weighted by molar-refractivity contribution is 5.79. The standard InChI is InChI=1S/C21H38N4O/c1-5-10-19(13-14-26)16-24-21(22-6-2)23-15-18(3)25(4)17-20-11-8-7-9-12-20/h7-9,11-12,18-19,26H,5-6,10,13-17H2,1-4H3,(H2,22,23,24). The molecule has 0 saturated heterocycles. The number of nitrogens with one attached hydrogen (secondary N) is 2. The van der Waals surface area contributed by atoms with E-state index in [1.807, 2.05) is 0 Å². The Bertz CT molecular complexity index is 486. The Morgan fingerprint density at radius 2 is 1.88 bits per heavy atom. The molecule has 0 fully saturated rings. The zero-order valence-corrected chi connectivity index (χ0v) is 17.0. The minimum Gasteiger partial charge on any atom is -0.396 e. The second kappa shape index (κ2) is 13.6. The van der Waals surface area contributed by atoms with Crippen LogP contribution in [0.3, 0.4) is 0 Å². The number of hydrogen-bond donors (Lipinski definition) is 3. The van der Waals surface area contributed by atoms with Crippen molar-refractivity contribution in [2.75, 3.05) is 33.3 Å². The molecule has 0 radical (unpaired) electrons. The zero-order chi connectivity index (χ0) is 19.2. The van der Waals surface area contributed by atoms with Crippen LogP contribution in [0, 0.1) is 5.92 Å².